The predicted molar refractivity (Wildman–Crippen MR) is 58.7 cm³/mol. The van der Waals surface area contributed by atoms with Gasteiger partial charge in [-0.15, -0.1) is 0 Å². The maximum absolute atomic E-state index is 10.9. The number of rotatable bonds is 4. The first-order chi connectivity index (χ1) is 7.75. The third-order valence-corrected chi connectivity index (χ3v) is 2.06. The summed E-state index contributed by atoms with van der Waals surface area (Å²) in [6.45, 7) is 0.624. The van der Waals surface area contributed by atoms with Gasteiger partial charge >= 0.3 is 0 Å². The van der Waals surface area contributed by atoms with Crippen LogP contribution in [0.3, 0.4) is 0 Å². The molecular weight excluding hydrogens is 206 g/mol. The Hall–Kier alpha value is -2.37. The molecule has 0 atom stereocenters. The number of pyridine rings is 1. The van der Waals surface area contributed by atoms with Gasteiger partial charge in [-0.1, -0.05) is 0 Å². The van der Waals surface area contributed by atoms with E-state index in [0.29, 0.717) is 6.54 Å². The van der Waals surface area contributed by atoms with Gasteiger partial charge < -0.3 is 11.1 Å². The standard InChI is InChI=1S/C10H11N5O/c11-10(16)9-3-8(1-2-12-9)13-4-7-5-14-15-6-7/h1-3,5-6H,4H2,(H2,11,16)(H,12,13)(H,14,15). The predicted octanol–water partition coefficient (Wildman–Crippen LogP) is 0.516. The first kappa shape index (κ1) is 10.2. The van der Waals surface area contributed by atoms with Crippen molar-refractivity contribution < 1.29 is 4.79 Å². The van der Waals surface area contributed by atoms with Crippen LogP contribution in [0, 0.1) is 0 Å². The Balaban J connectivity index is 2.04. The highest BCUT2D eigenvalue weighted by Gasteiger charge is 2.02. The molecule has 2 aromatic rings. The Morgan fingerprint density at radius 1 is 1.56 bits per heavy atom. The van der Waals surface area contributed by atoms with E-state index in [1.807, 2.05) is 0 Å². The lowest BCUT2D eigenvalue weighted by Crippen LogP contribution is -2.13. The number of carbonyl (C=O) groups is 1. The average Bonchev–Trinajstić information content (AvgIpc) is 2.79. The van der Waals surface area contributed by atoms with E-state index in [1.165, 1.54) is 6.20 Å². The second-order valence-corrected chi connectivity index (χ2v) is 3.25. The molecule has 0 aliphatic rings. The zero-order valence-corrected chi connectivity index (χ0v) is 8.47. The van der Waals surface area contributed by atoms with Gasteiger partial charge in [-0.2, -0.15) is 5.10 Å². The molecule has 0 saturated heterocycles. The molecule has 0 fully saturated rings. The third-order valence-electron chi connectivity index (χ3n) is 2.06. The van der Waals surface area contributed by atoms with Crippen LogP contribution in [0.15, 0.2) is 30.7 Å². The summed E-state index contributed by atoms with van der Waals surface area (Å²) in [5.74, 6) is -0.535. The number of carbonyl (C=O) groups excluding carboxylic acids is 1. The fraction of sp³-hybridized carbons (Fsp3) is 0.100. The molecule has 6 heteroatoms. The number of aromatic amines is 1. The Labute approximate surface area is 91.9 Å². The molecule has 0 radical (unpaired) electrons. The lowest BCUT2D eigenvalue weighted by atomic mass is 10.3. The van der Waals surface area contributed by atoms with Crippen molar-refractivity contribution in [1.82, 2.24) is 15.2 Å². The first-order valence-corrected chi connectivity index (χ1v) is 4.73. The van der Waals surface area contributed by atoms with Crippen molar-refractivity contribution in [2.75, 3.05) is 5.32 Å². The lowest BCUT2D eigenvalue weighted by Gasteiger charge is -2.04. The van der Waals surface area contributed by atoms with Crippen molar-refractivity contribution in [3.05, 3.63) is 42.0 Å². The molecule has 0 aromatic carbocycles. The summed E-state index contributed by atoms with van der Waals surface area (Å²) in [6, 6.07) is 3.38. The molecule has 2 aromatic heterocycles. The Morgan fingerprint density at radius 2 is 2.44 bits per heavy atom. The van der Waals surface area contributed by atoms with Crippen molar-refractivity contribution >= 4 is 11.6 Å². The van der Waals surface area contributed by atoms with Crippen molar-refractivity contribution in [2.45, 2.75) is 6.54 Å². The van der Waals surface area contributed by atoms with Crippen LogP contribution < -0.4 is 11.1 Å². The molecule has 6 nitrogen and oxygen atoms in total. The molecular formula is C10H11N5O. The van der Waals surface area contributed by atoms with Gasteiger partial charge in [-0.25, -0.2) is 0 Å². The first-order valence-electron chi connectivity index (χ1n) is 4.73. The summed E-state index contributed by atoms with van der Waals surface area (Å²) in [5.41, 5.74) is 7.20. The Kier molecular flexibility index (Phi) is 2.81. The summed E-state index contributed by atoms with van der Waals surface area (Å²) >= 11 is 0. The van der Waals surface area contributed by atoms with Gasteiger partial charge in [0.15, 0.2) is 0 Å². The molecule has 0 bridgehead atoms. The van der Waals surface area contributed by atoms with Gasteiger partial charge in [-0.3, -0.25) is 14.9 Å². The van der Waals surface area contributed by atoms with Crippen molar-refractivity contribution in [3.63, 3.8) is 0 Å². The Morgan fingerprint density at radius 3 is 3.12 bits per heavy atom. The lowest BCUT2D eigenvalue weighted by molar-refractivity contribution is 0.0995. The van der Waals surface area contributed by atoms with Gasteiger partial charge in [0.05, 0.1) is 6.20 Å². The van der Waals surface area contributed by atoms with Crippen LogP contribution in [0.4, 0.5) is 5.69 Å². The van der Waals surface area contributed by atoms with Crippen LogP contribution in [0.1, 0.15) is 16.1 Å². The number of nitrogens with zero attached hydrogens (tertiary/aromatic N) is 2. The number of hydrogen-bond acceptors (Lipinski definition) is 4. The maximum Gasteiger partial charge on any atom is 0.267 e. The van der Waals surface area contributed by atoms with E-state index in [2.05, 4.69) is 20.5 Å². The van der Waals surface area contributed by atoms with Gasteiger partial charge in [0.2, 0.25) is 0 Å². The smallest absolute Gasteiger partial charge is 0.267 e. The van der Waals surface area contributed by atoms with E-state index in [-0.39, 0.29) is 5.69 Å². The summed E-state index contributed by atoms with van der Waals surface area (Å²) in [7, 11) is 0. The number of anilines is 1. The molecule has 82 valence electrons. The van der Waals surface area contributed by atoms with Crippen LogP contribution in [0.2, 0.25) is 0 Å². The van der Waals surface area contributed by atoms with Crippen LogP contribution in [0.5, 0.6) is 0 Å². The van der Waals surface area contributed by atoms with Gasteiger partial charge in [0.25, 0.3) is 5.91 Å². The van der Waals surface area contributed by atoms with Crippen molar-refractivity contribution in [2.24, 2.45) is 5.73 Å². The topological polar surface area (TPSA) is 96.7 Å². The zero-order chi connectivity index (χ0) is 11.4. The zero-order valence-electron chi connectivity index (χ0n) is 8.47. The molecule has 2 rings (SSSR count). The van der Waals surface area contributed by atoms with Gasteiger partial charge in [0, 0.05) is 30.2 Å². The minimum Gasteiger partial charge on any atom is -0.381 e. The van der Waals surface area contributed by atoms with Crippen molar-refractivity contribution in [3.8, 4) is 0 Å². The van der Waals surface area contributed by atoms with E-state index >= 15 is 0 Å². The third kappa shape index (κ3) is 2.35. The molecule has 0 saturated carbocycles. The highest BCUT2D eigenvalue weighted by atomic mass is 16.1. The summed E-state index contributed by atoms with van der Waals surface area (Å²) in [6.07, 6.45) is 5.06. The average molecular weight is 217 g/mol. The molecule has 0 spiro atoms. The minimum absolute atomic E-state index is 0.247. The number of nitrogens with two attached hydrogens (primary N) is 1. The van der Waals surface area contributed by atoms with Crippen molar-refractivity contribution in [1.29, 1.82) is 0 Å². The normalized spacial score (nSPS) is 10.0. The number of aromatic nitrogens is 3. The SMILES string of the molecule is NC(=O)c1cc(NCc2cn[nH]c2)ccn1. The van der Waals surface area contributed by atoms with Crippen LogP contribution in [-0.4, -0.2) is 21.1 Å². The van der Waals surface area contributed by atoms with E-state index in [1.54, 1.807) is 24.5 Å². The monoisotopic (exact) mass is 217 g/mol. The van der Waals surface area contributed by atoms with Crippen LogP contribution in [-0.2, 0) is 6.54 Å². The van der Waals surface area contributed by atoms with E-state index in [9.17, 15) is 4.79 Å². The van der Waals surface area contributed by atoms with Crippen LogP contribution in [0.25, 0.3) is 0 Å². The molecule has 4 N–H and O–H groups in total. The number of H-pyrrole nitrogens is 1. The second-order valence-electron chi connectivity index (χ2n) is 3.25. The summed E-state index contributed by atoms with van der Waals surface area (Å²) in [5, 5.41) is 9.68. The quantitative estimate of drug-likeness (QED) is 0.695. The Bertz CT molecular complexity index is 480. The molecule has 1 amide bonds. The fourth-order valence-electron chi connectivity index (χ4n) is 1.25. The molecule has 0 aliphatic carbocycles. The number of amides is 1. The molecule has 16 heavy (non-hydrogen) atoms. The summed E-state index contributed by atoms with van der Waals surface area (Å²) in [4.78, 5) is 14.8. The number of primary amides is 1. The number of hydrogen-bond donors (Lipinski definition) is 3. The second kappa shape index (κ2) is 4.43. The van der Waals surface area contributed by atoms with Gasteiger partial charge in [-0.05, 0) is 12.1 Å². The fourth-order valence-corrected chi connectivity index (χ4v) is 1.25. The molecule has 2 heterocycles. The molecule has 0 aliphatic heterocycles. The van der Waals surface area contributed by atoms with E-state index in [0.717, 1.165) is 11.3 Å². The minimum atomic E-state index is -0.535. The highest BCUT2D eigenvalue weighted by Crippen LogP contribution is 2.09. The van der Waals surface area contributed by atoms with E-state index < -0.39 is 5.91 Å². The maximum atomic E-state index is 10.9. The molecule has 0 unspecified atom stereocenters. The largest absolute Gasteiger partial charge is 0.381 e. The van der Waals surface area contributed by atoms with Gasteiger partial charge in [0.1, 0.15) is 5.69 Å². The summed E-state index contributed by atoms with van der Waals surface area (Å²) < 4.78 is 0. The highest BCUT2D eigenvalue weighted by molar-refractivity contribution is 5.91. The van der Waals surface area contributed by atoms with Crippen LogP contribution >= 0.6 is 0 Å². The van der Waals surface area contributed by atoms with E-state index in [4.69, 9.17) is 5.73 Å². The number of nitrogens with one attached hydrogen (secondary N) is 2.